The smallest absolute Gasteiger partial charge is 0.162 e. The number of ketones is 2. The van der Waals surface area contributed by atoms with Gasteiger partial charge in [0.1, 0.15) is 5.78 Å². The highest BCUT2D eigenvalue weighted by atomic mass is 16.1. The molecular formula is C16H21NO2. The molecule has 2 bridgehead atoms. The van der Waals surface area contributed by atoms with Gasteiger partial charge in [0.05, 0.1) is 5.54 Å². The van der Waals surface area contributed by atoms with Crippen molar-refractivity contribution in [1.82, 2.24) is 4.90 Å². The van der Waals surface area contributed by atoms with Crippen molar-refractivity contribution in [2.24, 2.45) is 17.8 Å². The van der Waals surface area contributed by atoms with Crippen molar-refractivity contribution in [2.75, 3.05) is 13.1 Å². The van der Waals surface area contributed by atoms with E-state index in [4.69, 9.17) is 0 Å². The number of carbonyl (C=O) groups is 2. The molecule has 1 spiro atoms. The average molecular weight is 259 g/mol. The Morgan fingerprint density at radius 3 is 2.74 bits per heavy atom. The second kappa shape index (κ2) is 3.78. The van der Waals surface area contributed by atoms with Gasteiger partial charge in [0.25, 0.3) is 0 Å². The van der Waals surface area contributed by atoms with Gasteiger partial charge in [-0.15, -0.1) is 0 Å². The van der Waals surface area contributed by atoms with Crippen LogP contribution in [0.25, 0.3) is 0 Å². The first-order valence-corrected chi connectivity index (χ1v) is 7.66. The summed E-state index contributed by atoms with van der Waals surface area (Å²) in [6.45, 7) is 4.16. The molecular weight excluding hydrogens is 238 g/mol. The molecule has 4 rings (SSSR count). The quantitative estimate of drug-likeness (QED) is 0.667. The van der Waals surface area contributed by atoms with E-state index in [0.29, 0.717) is 18.1 Å². The second-order valence-electron chi connectivity index (χ2n) is 6.79. The fraction of sp³-hybridized carbons (Fsp3) is 0.750. The fourth-order valence-corrected chi connectivity index (χ4v) is 5.39. The Balaban J connectivity index is 1.93. The lowest BCUT2D eigenvalue weighted by molar-refractivity contribution is -0.156. The van der Waals surface area contributed by atoms with Crippen molar-refractivity contribution < 1.29 is 9.59 Å². The number of allylic oxidation sites excluding steroid dienone is 1. The maximum atomic E-state index is 12.5. The number of Topliss-reactive ketones (excluding diaryl/α,β-unsaturated/α-hetero) is 2. The Morgan fingerprint density at radius 2 is 1.95 bits per heavy atom. The number of piperidine rings is 2. The predicted octanol–water partition coefficient (Wildman–Crippen LogP) is 1.97. The highest BCUT2D eigenvalue weighted by Crippen LogP contribution is 2.55. The normalized spacial score (nSPS) is 45.7. The van der Waals surface area contributed by atoms with E-state index in [9.17, 15) is 9.59 Å². The lowest BCUT2D eigenvalue weighted by atomic mass is 9.51. The molecule has 0 N–H and O–H groups in total. The zero-order valence-electron chi connectivity index (χ0n) is 11.5. The van der Waals surface area contributed by atoms with E-state index < -0.39 is 0 Å². The van der Waals surface area contributed by atoms with Gasteiger partial charge in [-0.05, 0) is 57.2 Å². The molecule has 2 saturated heterocycles. The molecule has 3 nitrogen and oxygen atoms in total. The molecule has 2 aliphatic heterocycles. The van der Waals surface area contributed by atoms with Gasteiger partial charge in [-0.1, -0.05) is 6.08 Å². The van der Waals surface area contributed by atoms with Gasteiger partial charge in [0.2, 0.25) is 0 Å². The van der Waals surface area contributed by atoms with Crippen LogP contribution in [-0.4, -0.2) is 35.1 Å². The van der Waals surface area contributed by atoms with Gasteiger partial charge in [-0.25, -0.2) is 0 Å². The van der Waals surface area contributed by atoms with Crippen LogP contribution >= 0.6 is 0 Å². The molecule has 2 aliphatic carbocycles. The lowest BCUT2D eigenvalue weighted by Crippen LogP contribution is -2.70. The van der Waals surface area contributed by atoms with Gasteiger partial charge < -0.3 is 0 Å². The minimum atomic E-state index is -0.0888. The molecule has 0 aromatic carbocycles. The van der Waals surface area contributed by atoms with Gasteiger partial charge in [-0.2, -0.15) is 0 Å². The van der Waals surface area contributed by atoms with E-state index in [1.54, 1.807) is 0 Å². The van der Waals surface area contributed by atoms with Crippen LogP contribution in [0.15, 0.2) is 11.6 Å². The van der Waals surface area contributed by atoms with E-state index in [-0.39, 0.29) is 23.2 Å². The Hall–Kier alpha value is -0.960. The molecule has 0 amide bonds. The summed E-state index contributed by atoms with van der Waals surface area (Å²) in [6, 6.07) is 0. The minimum absolute atomic E-state index is 0.0188. The van der Waals surface area contributed by atoms with Gasteiger partial charge in [0, 0.05) is 18.3 Å². The summed E-state index contributed by atoms with van der Waals surface area (Å²) < 4.78 is 0. The Morgan fingerprint density at radius 1 is 1.21 bits per heavy atom. The summed E-state index contributed by atoms with van der Waals surface area (Å²) in [5.74, 6) is 1.14. The van der Waals surface area contributed by atoms with E-state index in [1.807, 2.05) is 6.92 Å². The Kier molecular flexibility index (Phi) is 2.36. The maximum absolute atomic E-state index is 12.5. The first kappa shape index (κ1) is 11.8. The van der Waals surface area contributed by atoms with Gasteiger partial charge in [-0.3, -0.25) is 14.5 Å². The third-order valence-corrected chi connectivity index (χ3v) is 6.03. The van der Waals surface area contributed by atoms with E-state index >= 15 is 0 Å². The fourth-order valence-electron chi connectivity index (χ4n) is 5.39. The highest BCUT2D eigenvalue weighted by molar-refractivity contribution is 6.03. The molecule has 2 heterocycles. The molecule has 4 unspecified atom stereocenters. The lowest BCUT2D eigenvalue weighted by Gasteiger charge is -2.62. The van der Waals surface area contributed by atoms with Crippen molar-refractivity contribution in [3.05, 3.63) is 11.6 Å². The molecule has 4 atom stereocenters. The Bertz CT molecular complexity index is 493. The highest BCUT2D eigenvalue weighted by Gasteiger charge is 2.62. The van der Waals surface area contributed by atoms with Crippen LogP contribution in [0.1, 0.15) is 39.0 Å². The summed E-state index contributed by atoms with van der Waals surface area (Å²) in [5, 5.41) is 0. The van der Waals surface area contributed by atoms with Crippen LogP contribution in [0.5, 0.6) is 0 Å². The summed E-state index contributed by atoms with van der Waals surface area (Å²) in [6.07, 6.45) is 7.17. The Labute approximate surface area is 114 Å². The van der Waals surface area contributed by atoms with Crippen LogP contribution in [0.4, 0.5) is 0 Å². The minimum Gasteiger partial charge on any atom is -0.299 e. The standard InChI is InChI=1S/C16H21NO2/c1-10-9-16-12-4-2-6-17(16)7-3-5-13(16)14(18)8-11(12)15(10)19/h9,11-13H,2-8H2,1H3. The monoisotopic (exact) mass is 259 g/mol. The maximum Gasteiger partial charge on any atom is 0.162 e. The topological polar surface area (TPSA) is 37.4 Å². The molecule has 0 aromatic rings. The molecule has 3 fully saturated rings. The van der Waals surface area contributed by atoms with Crippen molar-refractivity contribution in [2.45, 2.75) is 44.6 Å². The largest absolute Gasteiger partial charge is 0.299 e. The van der Waals surface area contributed by atoms with Crippen LogP contribution in [0.3, 0.4) is 0 Å². The first-order valence-electron chi connectivity index (χ1n) is 7.66. The van der Waals surface area contributed by atoms with Crippen LogP contribution in [-0.2, 0) is 9.59 Å². The van der Waals surface area contributed by atoms with Crippen molar-refractivity contribution in [3.8, 4) is 0 Å². The number of hydrogen-bond acceptors (Lipinski definition) is 3. The zero-order valence-corrected chi connectivity index (χ0v) is 11.5. The second-order valence-corrected chi connectivity index (χ2v) is 6.79. The number of carbonyl (C=O) groups excluding carboxylic acids is 2. The average Bonchev–Trinajstić information content (AvgIpc) is 2.40. The van der Waals surface area contributed by atoms with Gasteiger partial charge in [0.15, 0.2) is 5.78 Å². The van der Waals surface area contributed by atoms with E-state index in [1.165, 1.54) is 6.42 Å². The van der Waals surface area contributed by atoms with Crippen molar-refractivity contribution >= 4 is 11.6 Å². The van der Waals surface area contributed by atoms with Crippen molar-refractivity contribution in [1.29, 1.82) is 0 Å². The number of rotatable bonds is 0. The third-order valence-electron chi connectivity index (χ3n) is 6.03. The summed E-state index contributed by atoms with van der Waals surface area (Å²) in [5.41, 5.74) is 0.821. The predicted molar refractivity (Wildman–Crippen MR) is 71.6 cm³/mol. The van der Waals surface area contributed by atoms with Crippen LogP contribution < -0.4 is 0 Å². The summed E-state index contributed by atoms with van der Waals surface area (Å²) in [7, 11) is 0. The van der Waals surface area contributed by atoms with E-state index in [0.717, 1.165) is 37.9 Å². The summed E-state index contributed by atoms with van der Waals surface area (Å²) >= 11 is 0. The SMILES string of the molecule is CC1=CC23C4CCCN2CCCC3C(CC4=O)C1=O. The number of nitrogens with zero attached hydrogens (tertiary/aromatic N) is 1. The molecule has 0 aromatic heterocycles. The molecule has 3 heteroatoms. The molecule has 4 aliphatic rings. The molecule has 102 valence electrons. The number of hydrogen-bond donors (Lipinski definition) is 0. The van der Waals surface area contributed by atoms with Crippen molar-refractivity contribution in [3.63, 3.8) is 0 Å². The summed E-state index contributed by atoms with van der Waals surface area (Å²) in [4.78, 5) is 27.5. The van der Waals surface area contributed by atoms with Crippen LogP contribution in [0.2, 0.25) is 0 Å². The van der Waals surface area contributed by atoms with E-state index in [2.05, 4.69) is 11.0 Å². The molecule has 1 saturated carbocycles. The first-order chi connectivity index (χ1) is 9.14. The van der Waals surface area contributed by atoms with Crippen LogP contribution in [0, 0.1) is 17.8 Å². The molecule has 19 heavy (non-hydrogen) atoms. The van der Waals surface area contributed by atoms with Gasteiger partial charge >= 0.3 is 0 Å². The molecule has 0 radical (unpaired) electrons. The zero-order chi connectivity index (χ0) is 13.2. The third kappa shape index (κ3) is 1.32.